The van der Waals surface area contributed by atoms with Gasteiger partial charge >= 0.3 is 0 Å². The van der Waals surface area contributed by atoms with Gasteiger partial charge in [-0.3, -0.25) is 0 Å². The summed E-state index contributed by atoms with van der Waals surface area (Å²) in [5, 5.41) is 14.7. The van der Waals surface area contributed by atoms with Crippen molar-refractivity contribution in [1.29, 1.82) is 0 Å². The van der Waals surface area contributed by atoms with Crippen LogP contribution in [-0.4, -0.2) is 31.0 Å². The zero-order valence-corrected chi connectivity index (χ0v) is 10.9. The fourth-order valence-electron chi connectivity index (χ4n) is 2.03. The van der Waals surface area contributed by atoms with E-state index in [0.717, 1.165) is 9.09 Å². The first-order valence-electron chi connectivity index (χ1n) is 5.17. The number of halogens is 1. The van der Waals surface area contributed by atoms with Gasteiger partial charge in [0, 0.05) is 6.42 Å². The van der Waals surface area contributed by atoms with Gasteiger partial charge in [-0.05, 0) is 22.6 Å². The third kappa shape index (κ3) is 1.69. The molecule has 6 nitrogen and oxygen atoms in total. The summed E-state index contributed by atoms with van der Waals surface area (Å²) in [6, 6.07) is 0.0327. The number of nitrogen functional groups attached to an aromatic ring is 1. The molecule has 1 aliphatic rings. The summed E-state index contributed by atoms with van der Waals surface area (Å²) >= 11 is 2.12. The summed E-state index contributed by atoms with van der Waals surface area (Å²) in [5.74, 6) is 0.438. The van der Waals surface area contributed by atoms with E-state index in [4.69, 9.17) is 5.73 Å². The normalized spacial score (nSPS) is 23.6. The SMILES string of the molecule is Nc1ncnc2c1c(I)nn2[C@H]1C=C[C@H](O)C1. The monoisotopic (exact) mass is 343 g/mol. The minimum absolute atomic E-state index is 0.0327. The van der Waals surface area contributed by atoms with Crippen LogP contribution in [0.15, 0.2) is 18.5 Å². The molecule has 88 valence electrons. The first-order chi connectivity index (χ1) is 8.16. The number of rotatable bonds is 1. The molecule has 2 atom stereocenters. The van der Waals surface area contributed by atoms with E-state index >= 15 is 0 Å². The lowest BCUT2D eigenvalue weighted by molar-refractivity contribution is 0.209. The molecule has 3 rings (SSSR count). The number of anilines is 1. The number of allylic oxidation sites excluding steroid dienone is 1. The van der Waals surface area contributed by atoms with Crippen LogP contribution in [0.1, 0.15) is 12.5 Å². The second-order valence-electron chi connectivity index (χ2n) is 3.95. The van der Waals surface area contributed by atoms with Gasteiger partial charge in [-0.15, -0.1) is 0 Å². The van der Waals surface area contributed by atoms with E-state index in [2.05, 4.69) is 37.7 Å². The van der Waals surface area contributed by atoms with Gasteiger partial charge in [0.05, 0.1) is 17.5 Å². The highest BCUT2D eigenvalue weighted by Gasteiger charge is 2.23. The van der Waals surface area contributed by atoms with E-state index in [1.165, 1.54) is 6.33 Å². The van der Waals surface area contributed by atoms with Gasteiger partial charge in [0.15, 0.2) is 5.65 Å². The largest absolute Gasteiger partial charge is 0.389 e. The standard InChI is InChI=1S/C10H10IN5O/c11-8-7-9(12)13-4-14-10(7)16(15-8)5-1-2-6(17)3-5/h1-2,4-6,17H,3H2,(H2,12,13,14)/t5-,6-/m0/s1. The number of hydrogen-bond donors (Lipinski definition) is 2. The van der Waals surface area contributed by atoms with Gasteiger partial charge in [0.2, 0.25) is 0 Å². The Morgan fingerprint density at radius 3 is 2.94 bits per heavy atom. The minimum Gasteiger partial charge on any atom is -0.389 e. The molecular weight excluding hydrogens is 333 g/mol. The van der Waals surface area contributed by atoms with Crippen molar-refractivity contribution in [3.8, 4) is 0 Å². The number of nitrogens with zero attached hydrogens (tertiary/aromatic N) is 4. The van der Waals surface area contributed by atoms with Gasteiger partial charge in [0.1, 0.15) is 15.8 Å². The van der Waals surface area contributed by atoms with Crippen molar-refractivity contribution < 1.29 is 5.11 Å². The van der Waals surface area contributed by atoms with Crippen LogP contribution in [0.2, 0.25) is 0 Å². The molecule has 0 radical (unpaired) electrons. The van der Waals surface area contributed by atoms with Gasteiger partial charge in [-0.1, -0.05) is 12.2 Å². The minimum atomic E-state index is -0.406. The number of hydrogen-bond acceptors (Lipinski definition) is 5. The van der Waals surface area contributed by atoms with Gasteiger partial charge in [-0.2, -0.15) is 5.10 Å². The van der Waals surface area contributed by atoms with Crippen molar-refractivity contribution >= 4 is 39.4 Å². The summed E-state index contributed by atoms with van der Waals surface area (Å²) in [7, 11) is 0. The Balaban J connectivity index is 2.18. The predicted molar refractivity (Wildman–Crippen MR) is 71.3 cm³/mol. The highest BCUT2D eigenvalue weighted by Crippen LogP contribution is 2.29. The number of aromatic nitrogens is 4. The molecule has 0 unspecified atom stereocenters. The molecule has 0 amide bonds. The van der Waals surface area contributed by atoms with Crippen molar-refractivity contribution in [3.63, 3.8) is 0 Å². The maximum absolute atomic E-state index is 9.51. The van der Waals surface area contributed by atoms with E-state index in [1.807, 2.05) is 6.08 Å². The van der Waals surface area contributed by atoms with Crippen molar-refractivity contribution in [1.82, 2.24) is 19.7 Å². The Kier molecular flexibility index (Phi) is 2.51. The quantitative estimate of drug-likeness (QED) is 0.593. The lowest BCUT2D eigenvalue weighted by Gasteiger charge is -2.09. The zero-order valence-electron chi connectivity index (χ0n) is 8.79. The maximum Gasteiger partial charge on any atom is 0.165 e. The smallest absolute Gasteiger partial charge is 0.165 e. The Bertz CT molecular complexity index is 608. The number of aliphatic hydroxyl groups excluding tert-OH is 1. The number of fused-ring (bicyclic) bond motifs is 1. The average molecular weight is 343 g/mol. The topological polar surface area (TPSA) is 89.9 Å². The molecule has 17 heavy (non-hydrogen) atoms. The molecule has 0 saturated carbocycles. The van der Waals surface area contributed by atoms with Crippen molar-refractivity contribution in [2.75, 3.05) is 5.73 Å². The lowest BCUT2D eigenvalue weighted by Crippen LogP contribution is -2.10. The van der Waals surface area contributed by atoms with Crippen molar-refractivity contribution in [3.05, 3.63) is 22.2 Å². The summed E-state index contributed by atoms with van der Waals surface area (Å²) in [6.07, 6.45) is 5.36. The molecule has 0 aliphatic heterocycles. The lowest BCUT2D eigenvalue weighted by atomic mass is 10.2. The Hall–Kier alpha value is -1.22. The maximum atomic E-state index is 9.51. The van der Waals surface area contributed by atoms with Crippen LogP contribution in [0.3, 0.4) is 0 Å². The highest BCUT2D eigenvalue weighted by atomic mass is 127. The van der Waals surface area contributed by atoms with Crippen LogP contribution in [0.25, 0.3) is 11.0 Å². The molecule has 2 aromatic rings. The predicted octanol–water partition coefficient (Wildman–Crippen LogP) is 0.875. The van der Waals surface area contributed by atoms with Gasteiger partial charge in [0.25, 0.3) is 0 Å². The molecular formula is C10H10IN5O. The molecule has 3 N–H and O–H groups in total. The highest BCUT2D eigenvalue weighted by molar-refractivity contribution is 14.1. The fraction of sp³-hybridized carbons (Fsp3) is 0.300. The molecule has 0 saturated heterocycles. The van der Waals surface area contributed by atoms with Crippen LogP contribution >= 0.6 is 22.6 Å². The molecule has 0 aromatic carbocycles. The Morgan fingerprint density at radius 1 is 1.41 bits per heavy atom. The second kappa shape index (κ2) is 3.91. The molecule has 0 fully saturated rings. The van der Waals surface area contributed by atoms with Crippen LogP contribution in [0, 0.1) is 3.70 Å². The van der Waals surface area contributed by atoms with Crippen LogP contribution in [-0.2, 0) is 0 Å². The van der Waals surface area contributed by atoms with E-state index in [9.17, 15) is 5.11 Å². The van der Waals surface area contributed by atoms with Crippen LogP contribution in [0.5, 0.6) is 0 Å². The van der Waals surface area contributed by atoms with Crippen molar-refractivity contribution in [2.45, 2.75) is 18.6 Å². The van der Waals surface area contributed by atoms with Gasteiger partial charge < -0.3 is 10.8 Å². The first-order valence-corrected chi connectivity index (χ1v) is 6.25. The summed E-state index contributed by atoms with van der Waals surface area (Å²) in [5.41, 5.74) is 6.53. The van der Waals surface area contributed by atoms with E-state index in [-0.39, 0.29) is 6.04 Å². The van der Waals surface area contributed by atoms with Gasteiger partial charge in [-0.25, -0.2) is 14.6 Å². The Morgan fingerprint density at radius 2 is 2.24 bits per heavy atom. The zero-order chi connectivity index (χ0) is 12.0. The summed E-state index contributed by atoms with van der Waals surface area (Å²) in [6.45, 7) is 0. The first kappa shape index (κ1) is 10.9. The molecule has 7 heteroatoms. The third-order valence-electron chi connectivity index (χ3n) is 2.83. The fourth-order valence-corrected chi connectivity index (χ4v) is 2.78. The number of nitrogens with two attached hydrogens (primary N) is 1. The molecule has 2 heterocycles. The summed E-state index contributed by atoms with van der Waals surface area (Å²) < 4.78 is 2.58. The van der Waals surface area contributed by atoms with Crippen molar-refractivity contribution in [2.24, 2.45) is 0 Å². The average Bonchev–Trinajstić information content (AvgIpc) is 2.84. The molecule has 0 bridgehead atoms. The second-order valence-corrected chi connectivity index (χ2v) is 4.97. The molecule has 2 aromatic heterocycles. The van der Waals surface area contributed by atoms with Crippen LogP contribution < -0.4 is 5.73 Å². The third-order valence-corrected chi connectivity index (χ3v) is 3.58. The molecule has 0 spiro atoms. The van der Waals surface area contributed by atoms with E-state index < -0.39 is 6.10 Å². The summed E-state index contributed by atoms with van der Waals surface area (Å²) in [4.78, 5) is 8.19. The number of aliphatic hydroxyl groups is 1. The van der Waals surface area contributed by atoms with E-state index in [0.29, 0.717) is 17.9 Å². The molecule has 1 aliphatic carbocycles. The Labute approximate surface area is 111 Å². The van der Waals surface area contributed by atoms with E-state index in [1.54, 1.807) is 10.8 Å². The van der Waals surface area contributed by atoms with Crippen LogP contribution in [0.4, 0.5) is 5.82 Å².